The number of nitriles is 1. The van der Waals surface area contributed by atoms with E-state index in [-0.39, 0.29) is 22.6 Å². The lowest BCUT2D eigenvalue weighted by atomic mass is 10.2. The summed E-state index contributed by atoms with van der Waals surface area (Å²) in [5.74, 6) is -4.53. The van der Waals surface area contributed by atoms with Crippen molar-refractivity contribution in [1.29, 1.82) is 5.26 Å². The first kappa shape index (κ1) is 14.3. The van der Waals surface area contributed by atoms with Gasteiger partial charge in [0.25, 0.3) is 0 Å². The number of rotatable bonds is 2. The highest BCUT2D eigenvalue weighted by Gasteiger charge is 2.23. The molecule has 2 aromatic rings. The Balaban J connectivity index is 2.75. The van der Waals surface area contributed by atoms with Gasteiger partial charge in [-0.05, 0) is 0 Å². The average molecular weight is 293 g/mol. The molecule has 0 saturated carbocycles. The van der Waals surface area contributed by atoms with Crippen LogP contribution in [0.1, 0.15) is 16.1 Å². The third-order valence-electron chi connectivity index (χ3n) is 2.82. The number of methoxy groups -OCH3 is 1. The van der Waals surface area contributed by atoms with Crippen LogP contribution in [0.2, 0.25) is 0 Å². The van der Waals surface area contributed by atoms with Crippen LogP contribution >= 0.6 is 0 Å². The molecule has 0 aliphatic carbocycles. The lowest BCUT2D eigenvalue weighted by molar-refractivity contribution is 0.0593. The van der Waals surface area contributed by atoms with Crippen molar-refractivity contribution in [2.75, 3.05) is 12.8 Å². The van der Waals surface area contributed by atoms with Crippen LogP contribution in [-0.2, 0) is 4.74 Å². The van der Waals surface area contributed by atoms with E-state index in [1.807, 2.05) is 0 Å². The van der Waals surface area contributed by atoms with E-state index in [1.165, 1.54) is 0 Å². The van der Waals surface area contributed by atoms with E-state index in [2.05, 4.69) is 4.74 Å². The number of carbonyl (C=O) groups excluding carboxylic acids is 1. The van der Waals surface area contributed by atoms with Crippen LogP contribution in [0.5, 0.6) is 5.75 Å². The summed E-state index contributed by atoms with van der Waals surface area (Å²) in [6, 6.07) is 3.41. The number of nitrogen functional groups attached to an aromatic ring is 1. The monoisotopic (exact) mass is 293 g/mol. The Morgan fingerprint density at radius 2 is 2.14 bits per heavy atom. The van der Waals surface area contributed by atoms with E-state index in [0.717, 1.165) is 30.0 Å². The van der Waals surface area contributed by atoms with Gasteiger partial charge in [-0.1, -0.05) is 0 Å². The average Bonchev–Trinajstić information content (AvgIpc) is 2.80. The molecule has 0 amide bonds. The molecule has 0 aliphatic rings. The van der Waals surface area contributed by atoms with Crippen LogP contribution in [0.3, 0.4) is 0 Å². The molecule has 8 heteroatoms. The third kappa shape index (κ3) is 2.25. The largest absolute Gasteiger partial charge is 0.505 e. The van der Waals surface area contributed by atoms with Gasteiger partial charge in [0.05, 0.1) is 24.0 Å². The fraction of sp³-hybridized carbons (Fsp3) is 0.0769. The predicted molar refractivity (Wildman–Crippen MR) is 67.8 cm³/mol. The number of carbonyl (C=O) groups is 1. The van der Waals surface area contributed by atoms with Crippen LogP contribution in [0.25, 0.3) is 5.69 Å². The number of nitrogens with zero attached hydrogens (tertiary/aromatic N) is 2. The molecular weight excluding hydrogens is 284 g/mol. The lowest BCUT2D eigenvalue weighted by Crippen LogP contribution is -2.11. The van der Waals surface area contributed by atoms with Gasteiger partial charge in [-0.15, -0.1) is 0 Å². The number of phenols is 1. The molecule has 0 atom stereocenters. The van der Waals surface area contributed by atoms with Crippen molar-refractivity contribution in [2.45, 2.75) is 0 Å². The molecular formula is C13H9F2N3O3. The molecule has 0 spiro atoms. The number of halogens is 2. The summed E-state index contributed by atoms with van der Waals surface area (Å²) >= 11 is 0. The van der Waals surface area contributed by atoms with Gasteiger partial charge < -0.3 is 20.1 Å². The number of benzene rings is 1. The van der Waals surface area contributed by atoms with Crippen molar-refractivity contribution in [1.82, 2.24) is 4.57 Å². The molecule has 6 nitrogen and oxygen atoms in total. The van der Waals surface area contributed by atoms with E-state index in [9.17, 15) is 18.7 Å². The third-order valence-corrected chi connectivity index (χ3v) is 2.82. The number of nitrogens with two attached hydrogens (primary N) is 1. The predicted octanol–water partition coefficient (Wildman–Crippen LogP) is 1.70. The van der Waals surface area contributed by atoms with Gasteiger partial charge >= 0.3 is 5.97 Å². The number of ether oxygens (including phenoxy) is 1. The Labute approximate surface area is 117 Å². The van der Waals surface area contributed by atoms with E-state index >= 15 is 0 Å². The molecule has 0 radical (unpaired) electrons. The summed E-state index contributed by atoms with van der Waals surface area (Å²) in [5, 5.41) is 18.3. The minimum Gasteiger partial charge on any atom is -0.505 e. The zero-order valence-corrected chi connectivity index (χ0v) is 10.7. The van der Waals surface area contributed by atoms with Crippen LogP contribution in [0.15, 0.2) is 18.3 Å². The molecule has 1 aromatic carbocycles. The second-order valence-corrected chi connectivity index (χ2v) is 4.04. The summed E-state index contributed by atoms with van der Waals surface area (Å²) in [6.45, 7) is 0. The van der Waals surface area contributed by atoms with Crippen molar-refractivity contribution < 1.29 is 23.4 Å². The fourth-order valence-electron chi connectivity index (χ4n) is 1.82. The van der Waals surface area contributed by atoms with Gasteiger partial charge in [0.1, 0.15) is 6.07 Å². The number of hydrogen-bond donors (Lipinski definition) is 2. The summed E-state index contributed by atoms with van der Waals surface area (Å²) in [4.78, 5) is 11.7. The molecule has 3 N–H and O–H groups in total. The quantitative estimate of drug-likeness (QED) is 0.821. The second kappa shape index (κ2) is 5.13. The number of anilines is 1. The number of phenolic OH excluding ortho intramolecular Hbond substituents is 1. The molecule has 21 heavy (non-hydrogen) atoms. The highest BCUT2D eigenvalue weighted by molar-refractivity contribution is 5.95. The molecule has 2 rings (SSSR count). The molecule has 0 unspecified atom stereocenters. The topological polar surface area (TPSA) is 101 Å². The molecule has 1 aromatic heterocycles. The first-order chi connectivity index (χ1) is 9.90. The molecule has 0 bridgehead atoms. The fourth-order valence-corrected chi connectivity index (χ4v) is 1.82. The minimum atomic E-state index is -1.42. The Bertz CT molecular complexity index is 755. The maximum atomic E-state index is 13.4. The van der Waals surface area contributed by atoms with Crippen LogP contribution in [0, 0.1) is 23.0 Å². The Kier molecular flexibility index (Phi) is 3.50. The Hall–Kier alpha value is -3.08. The van der Waals surface area contributed by atoms with Gasteiger partial charge in [-0.2, -0.15) is 9.65 Å². The zero-order valence-electron chi connectivity index (χ0n) is 10.7. The van der Waals surface area contributed by atoms with Gasteiger partial charge in [-0.3, -0.25) is 0 Å². The Morgan fingerprint density at radius 1 is 1.48 bits per heavy atom. The smallest absolute Gasteiger partial charge is 0.357 e. The molecule has 0 fully saturated rings. The second-order valence-electron chi connectivity index (χ2n) is 4.04. The number of aromatic nitrogens is 1. The summed E-state index contributed by atoms with van der Waals surface area (Å²) in [6.07, 6.45) is 1.16. The zero-order chi connectivity index (χ0) is 15.7. The normalized spacial score (nSPS) is 10.2. The van der Waals surface area contributed by atoms with Gasteiger partial charge in [0.2, 0.25) is 0 Å². The van der Waals surface area contributed by atoms with E-state index in [1.54, 1.807) is 6.07 Å². The van der Waals surface area contributed by atoms with Crippen molar-refractivity contribution in [2.24, 2.45) is 0 Å². The Morgan fingerprint density at radius 3 is 2.67 bits per heavy atom. The van der Waals surface area contributed by atoms with E-state index in [0.29, 0.717) is 0 Å². The van der Waals surface area contributed by atoms with Crippen molar-refractivity contribution in [3.05, 3.63) is 41.2 Å². The number of aromatic hydroxyl groups is 1. The van der Waals surface area contributed by atoms with Gasteiger partial charge in [0.15, 0.2) is 23.1 Å². The number of hydrogen-bond acceptors (Lipinski definition) is 5. The highest BCUT2D eigenvalue weighted by atomic mass is 19.2. The summed E-state index contributed by atoms with van der Waals surface area (Å²) < 4.78 is 32.1. The van der Waals surface area contributed by atoms with E-state index in [4.69, 9.17) is 11.0 Å². The van der Waals surface area contributed by atoms with Crippen LogP contribution in [-0.4, -0.2) is 22.8 Å². The molecule has 0 saturated heterocycles. The highest BCUT2D eigenvalue weighted by Crippen LogP contribution is 2.28. The van der Waals surface area contributed by atoms with Gasteiger partial charge in [-0.25, -0.2) is 9.18 Å². The summed E-state index contributed by atoms with van der Waals surface area (Å²) in [7, 11) is 1.11. The lowest BCUT2D eigenvalue weighted by Gasteiger charge is -2.09. The van der Waals surface area contributed by atoms with Crippen molar-refractivity contribution >= 4 is 11.7 Å². The first-order valence-electron chi connectivity index (χ1n) is 5.58. The molecule has 0 aliphatic heterocycles. The minimum absolute atomic E-state index is 0.0420. The summed E-state index contributed by atoms with van der Waals surface area (Å²) in [5.41, 5.74) is 5.15. The van der Waals surface area contributed by atoms with Gasteiger partial charge in [0, 0.05) is 18.3 Å². The SMILES string of the molecule is COC(=O)c1c(N)c(C#N)cn1-c1cc(O)c(F)c(F)c1. The van der Waals surface area contributed by atoms with E-state index < -0.39 is 23.4 Å². The first-order valence-corrected chi connectivity index (χ1v) is 5.58. The molecule has 1 heterocycles. The van der Waals surface area contributed by atoms with Crippen LogP contribution < -0.4 is 5.73 Å². The van der Waals surface area contributed by atoms with Crippen molar-refractivity contribution in [3.63, 3.8) is 0 Å². The van der Waals surface area contributed by atoms with Crippen molar-refractivity contribution in [3.8, 4) is 17.5 Å². The maximum Gasteiger partial charge on any atom is 0.357 e. The van der Waals surface area contributed by atoms with Crippen LogP contribution in [0.4, 0.5) is 14.5 Å². The molecule has 108 valence electrons. The maximum absolute atomic E-state index is 13.4. The standard InChI is InChI=1S/C13H9F2N3O3/c1-21-13(20)12-11(17)6(4-16)5-18(12)7-2-8(14)10(15)9(19)3-7/h2-3,5,19H,17H2,1H3. The number of esters is 1.